The highest BCUT2D eigenvalue weighted by Crippen LogP contribution is 2.38. The predicted octanol–water partition coefficient (Wildman–Crippen LogP) is 0.589. The summed E-state index contributed by atoms with van der Waals surface area (Å²) in [7, 11) is 0. The van der Waals surface area contributed by atoms with Gasteiger partial charge < -0.3 is 26.0 Å². The summed E-state index contributed by atoms with van der Waals surface area (Å²) in [4.78, 5) is 55.7. The zero-order chi connectivity index (χ0) is 27.0. The van der Waals surface area contributed by atoms with E-state index in [9.17, 15) is 19.2 Å². The van der Waals surface area contributed by atoms with Crippen LogP contribution in [0.1, 0.15) is 50.5 Å². The number of piperazine rings is 1. The Morgan fingerprint density at radius 3 is 2.29 bits per heavy atom. The van der Waals surface area contributed by atoms with Gasteiger partial charge in [-0.1, -0.05) is 43.2 Å². The monoisotopic (exact) mass is 527 g/mol. The fourth-order valence-corrected chi connectivity index (χ4v) is 5.88. The number of ether oxygens (including phenoxy) is 1. The van der Waals surface area contributed by atoms with Crippen LogP contribution in [0.3, 0.4) is 0 Å². The molecule has 1 aromatic carbocycles. The van der Waals surface area contributed by atoms with Crippen molar-refractivity contribution in [2.24, 2.45) is 11.1 Å². The molecule has 4 amide bonds. The molecule has 1 aliphatic carbocycles. The first-order chi connectivity index (χ1) is 18.4. The molecule has 3 aliphatic rings. The van der Waals surface area contributed by atoms with Gasteiger partial charge in [0.05, 0.1) is 0 Å². The quantitative estimate of drug-likeness (QED) is 0.382. The van der Waals surface area contributed by atoms with Crippen LogP contribution in [0.5, 0.6) is 0 Å². The SMILES string of the molecule is NC(=O)C1(C(=O)N[C@H](Cc2ccccc2)C(=O)NCCC(=O)N2CCN(C3CCOCC3)CC2)CCCC1. The third kappa shape index (κ3) is 6.91. The van der Waals surface area contributed by atoms with Gasteiger partial charge in [0.1, 0.15) is 11.5 Å². The third-order valence-electron chi connectivity index (χ3n) is 8.28. The number of carbonyl (C=O) groups is 4. The van der Waals surface area contributed by atoms with Crippen LogP contribution >= 0.6 is 0 Å². The van der Waals surface area contributed by atoms with E-state index in [0.717, 1.165) is 57.6 Å². The van der Waals surface area contributed by atoms with Gasteiger partial charge in [0.15, 0.2) is 0 Å². The number of hydrogen-bond donors (Lipinski definition) is 3. The molecular formula is C28H41N5O5. The van der Waals surface area contributed by atoms with E-state index in [1.54, 1.807) is 0 Å². The highest BCUT2D eigenvalue weighted by Gasteiger charge is 2.47. The number of carbonyl (C=O) groups excluding carboxylic acids is 4. The molecule has 0 aromatic heterocycles. The molecule has 3 fully saturated rings. The highest BCUT2D eigenvalue weighted by molar-refractivity contribution is 6.05. The van der Waals surface area contributed by atoms with Crippen LogP contribution in [0.15, 0.2) is 30.3 Å². The van der Waals surface area contributed by atoms with Gasteiger partial charge in [-0.25, -0.2) is 0 Å². The minimum atomic E-state index is -1.27. The van der Waals surface area contributed by atoms with Crippen LogP contribution in [0.25, 0.3) is 0 Å². The fourth-order valence-electron chi connectivity index (χ4n) is 5.88. The zero-order valence-corrected chi connectivity index (χ0v) is 22.2. The van der Waals surface area contributed by atoms with Gasteiger partial charge in [0.25, 0.3) is 0 Å². The van der Waals surface area contributed by atoms with Crippen molar-refractivity contribution >= 4 is 23.6 Å². The maximum absolute atomic E-state index is 13.2. The first-order valence-electron chi connectivity index (χ1n) is 13.9. The largest absolute Gasteiger partial charge is 0.381 e. The Morgan fingerprint density at radius 2 is 1.66 bits per heavy atom. The lowest BCUT2D eigenvalue weighted by Crippen LogP contribution is -2.55. The van der Waals surface area contributed by atoms with Crippen molar-refractivity contribution in [1.29, 1.82) is 0 Å². The molecule has 0 spiro atoms. The molecule has 38 heavy (non-hydrogen) atoms. The molecule has 4 rings (SSSR count). The summed E-state index contributed by atoms with van der Waals surface area (Å²) in [5.41, 5.74) is 5.24. The Morgan fingerprint density at radius 1 is 1.00 bits per heavy atom. The molecule has 2 heterocycles. The summed E-state index contributed by atoms with van der Waals surface area (Å²) in [6.45, 7) is 4.88. The minimum absolute atomic E-state index is 0.0132. The molecular weight excluding hydrogens is 486 g/mol. The normalized spacial score (nSPS) is 21.0. The summed E-state index contributed by atoms with van der Waals surface area (Å²) in [6.07, 6.45) is 4.83. The number of rotatable bonds is 10. The Balaban J connectivity index is 1.29. The Bertz CT molecular complexity index is 967. The van der Waals surface area contributed by atoms with Gasteiger partial charge in [-0.05, 0) is 31.2 Å². The molecule has 10 heteroatoms. The molecule has 0 bridgehead atoms. The maximum atomic E-state index is 13.2. The van der Waals surface area contributed by atoms with Crippen molar-refractivity contribution in [1.82, 2.24) is 20.4 Å². The standard InChI is InChI=1S/C28H41N5O5/c29-26(36)28(11-4-5-12-28)27(37)31-23(20-21-6-2-1-3-7-21)25(35)30-13-8-24(34)33-16-14-32(15-17-33)22-9-18-38-19-10-22/h1-3,6-7,22-23H,4-5,8-20H2,(H2,29,36)(H,30,35)(H,31,37)/t23-/m1/s1. The second kappa shape index (κ2) is 13.2. The summed E-state index contributed by atoms with van der Waals surface area (Å²) < 4.78 is 5.46. The maximum Gasteiger partial charge on any atom is 0.242 e. The molecule has 2 saturated heterocycles. The van der Waals surface area contributed by atoms with Crippen LogP contribution in [-0.2, 0) is 30.3 Å². The zero-order valence-electron chi connectivity index (χ0n) is 22.2. The van der Waals surface area contributed by atoms with Crippen LogP contribution in [0.4, 0.5) is 0 Å². The topological polar surface area (TPSA) is 134 Å². The average molecular weight is 528 g/mol. The highest BCUT2D eigenvalue weighted by atomic mass is 16.5. The van der Waals surface area contributed by atoms with E-state index in [2.05, 4.69) is 15.5 Å². The molecule has 1 aromatic rings. The van der Waals surface area contributed by atoms with E-state index in [4.69, 9.17) is 10.5 Å². The van der Waals surface area contributed by atoms with Crippen molar-refractivity contribution in [3.05, 3.63) is 35.9 Å². The first kappa shape index (κ1) is 28.0. The number of hydrogen-bond acceptors (Lipinski definition) is 6. The van der Waals surface area contributed by atoms with Crippen molar-refractivity contribution < 1.29 is 23.9 Å². The van der Waals surface area contributed by atoms with Gasteiger partial charge >= 0.3 is 0 Å². The van der Waals surface area contributed by atoms with E-state index < -0.39 is 23.3 Å². The van der Waals surface area contributed by atoms with E-state index in [1.807, 2.05) is 35.2 Å². The smallest absolute Gasteiger partial charge is 0.242 e. The first-order valence-corrected chi connectivity index (χ1v) is 13.9. The number of nitrogens with one attached hydrogen (secondary N) is 2. The van der Waals surface area contributed by atoms with E-state index in [1.165, 1.54) is 0 Å². The predicted molar refractivity (Wildman–Crippen MR) is 142 cm³/mol. The van der Waals surface area contributed by atoms with E-state index >= 15 is 0 Å². The number of nitrogens with zero attached hydrogens (tertiary/aromatic N) is 2. The van der Waals surface area contributed by atoms with Gasteiger partial charge in [0.2, 0.25) is 23.6 Å². The Labute approximate surface area is 224 Å². The Kier molecular flexibility index (Phi) is 9.74. The summed E-state index contributed by atoms with van der Waals surface area (Å²) in [5.74, 6) is -1.50. The number of primary amides is 1. The average Bonchev–Trinajstić information content (AvgIpc) is 3.46. The lowest BCUT2D eigenvalue weighted by molar-refractivity contribution is -0.143. The second-order valence-electron chi connectivity index (χ2n) is 10.7. The molecule has 2 aliphatic heterocycles. The molecule has 1 atom stereocenters. The molecule has 1 saturated carbocycles. The molecule has 10 nitrogen and oxygen atoms in total. The molecule has 0 unspecified atom stereocenters. The molecule has 208 valence electrons. The van der Waals surface area contributed by atoms with Gasteiger partial charge in [-0.15, -0.1) is 0 Å². The molecule has 0 radical (unpaired) electrons. The van der Waals surface area contributed by atoms with Crippen LogP contribution in [-0.4, -0.2) is 91.4 Å². The fraction of sp³-hybridized carbons (Fsp3) is 0.643. The summed E-state index contributed by atoms with van der Waals surface area (Å²) >= 11 is 0. The Hall–Kier alpha value is -2.98. The van der Waals surface area contributed by atoms with Crippen molar-refractivity contribution in [3.63, 3.8) is 0 Å². The number of amides is 4. The van der Waals surface area contributed by atoms with Crippen LogP contribution < -0.4 is 16.4 Å². The second-order valence-corrected chi connectivity index (χ2v) is 10.7. The minimum Gasteiger partial charge on any atom is -0.381 e. The summed E-state index contributed by atoms with van der Waals surface area (Å²) in [6, 6.07) is 9.05. The number of nitrogens with two attached hydrogens (primary N) is 1. The van der Waals surface area contributed by atoms with Gasteiger partial charge in [-0.2, -0.15) is 0 Å². The lowest BCUT2D eigenvalue weighted by atomic mass is 9.84. The number of benzene rings is 1. The van der Waals surface area contributed by atoms with Crippen LogP contribution in [0, 0.1) is 5.41 Å². The van der Waals surface area contributed by atoms with Gasteiger partial charge in [-0.3, -0.25) is 24.1 Å². The van der Waals surface area contributed by atoms with E-state index in [-0.39, 0.29) is 31.2 Å². The van der Waals surface area contributed by atoms with Crippen molar-refractivity contribution in [2.45, 2.75) is 63.5 Å². The van der Waals surface area contributed by atoms with Crippen molar-refractivity contribution in [2.75, 3.05) is 45.9 Å². The van der Waals surface area contributed by atoms with Crippen molar-refractivity contribution in [3.8, 4) is 0 Å². The van der Waals surface area contributed by atoms with Gasteiger partial charge in [0, 0.05) is 64.8 Å². The van der Waals surface area contributed by atoms with Crippen LogP contribution in [0.2, 0.25) is 0 Å². The summed E-state index contributed by atoms with van der Waals surface area (Å²) in [5, 5.41) is 5.63. The molecule has 4 N–H and O–H groups in total. The van der Waals surface area contributed by atoms with E-state index in [0.29, 0.717) is 32.0 Å². The lowest BCUT2D eigenvalue weighted by Gasteiger charge is -2.40. The third-order valence-corrected chi connectivity index (χ3v) is 8.28.